The molecule has 0 saturated heterocycles. The molecule has 0 spiro atoms. The molecule has 1 rings (SSSR count). The first-order valence-corrected chi connectivity index (χ1v) is 11.8. The van der Waals surface area contributed by atoms with E-state index in [2.05, 4.69) is 102 Å². The molecule has 0 aliphatic heterocycles. The fourth-order valence-electron chi connectivity index (χ4n) is 5.05. The minimum absolute atomic E-state index is 0.0429. The lowest BCUT2D eigenvalue weighted by molar-refractivity contribution is 0.0845. The van der Waals surface area contributed by atoms with E-state index < -0.39 is 0 Å². The number of hydrogen-bond donors (Lipinski definition) is 1. The molecule has 1 aromatic carbocycles. The summed E-state index contributed by atoms with van der Waals surface area (Å²) in [6, 6.07) is 10.9. The summed E-state index contributed by atoms with van der Waals surface area (Å²) in [5, 5.41) is 3.27. The van der Waals surface area contributed by atoms with Crippen LogP contribution in [0.15, 0.2) is 78.9 Å². The van der Waals surface area contributed by atoms with E-state index in [0.717, 1.165) is 29.8 Å². The summed E-state index contributed by atoms with van der Waals surface area (Å²) in [5.41, 5.74) is 5.53. The van der Waals surface area contributed by atoms with Gasteiger partial charge < -0.3 is 10.2 Å². The smallest absolute Gasteiger partial charge is 0.0416 e. The van der Waals surface area contributed by atoms with Crippen LogP contribution in [-0.4, -0.2) is 10.4 Å². The molecule has 31 heavy (non-hydrogen) atoms. The molecule has 0 amide bonds. The zero-order chi connectivity index (χ0) is 23.6. The monoisotopic (exact) mass is 422 g/mol. The highest BCUT2D eigenvalue weighted by Crippen LogP contribution is 2.39. The molecular weight excluding hydrogens is 376 g/mol. The van der Waals surface area contributed by atoms with Gasteiger partial charge in [0.15, 0.2) is 0 Å². The topological polar surface area (TPSA) is 15.3 Å². The average Bonchev–Trinajstić information content (AvgIpc) is 2.72. The van der Waals surface area contributed by atoms with Crippen LogP contribution in [0.5, 0.6) is 0 Å². The Morgan fingerprint density at radius 2 is 1.68 bits per heavy atom. The summed E-state index contributed by atoms with van der Waals surface area (Å²) in [5.74, 6) is 1.24. The molecule has 2 atom stereocenters. The van der Waals surface area contributed by atoms with Gasteiger partial charge in [-0.2, -0.15) is 0 Å². The van der Waals surface area contributed by atoms with E-state index in [1.165, 1.54) is 30.5 Å². The van der Waals surface area contributed by atoms with Crippen LogP contribution in [0.1, 0.15) is 79.7 Å². The Kier molecular flexibility index (Phi) is 10.9. The van der Waals surface area contributed by atoms with Crippen molar-refractivity contribution in [3.8, 4) is 0 Å². The summed E-state index contributed by atoms with van der Waals surface area (Å²) < 4.78 is 0. The minimum atomic E-state index is -0.0429. The van der Waals surface area contributed by atoms with Crippen molar-refractivity contribution < 1.29 is 0 Å². The molecule has 0 radical (unpaired) electrons. The second-order valence-corrected chi connectivity index (χ2v) is 9.36. The quantitative estimate of drug-likeness (QED) is 0.304. The van der Waals surface area contributed by atoms with Crippen LogP contribution < -0.4 is 5.32 Å². The van der Waals surface area contributed by atoms with Crippen LogP contribution >= 0.6 is 0 Å². The lowest BCUT2D eigenvalue weighted by Gasteiger charge is -2.47. The molecule has 2 unspecified atom stereocenters. The summed E-state index contributed by atoms with van der Waals surface area (Å²) in [4.78, 5) is 2.36. The lowest BCUT2D eigenvalue weighted by Crippen LogP contribution is -2.48. The lowest BCUT2D eigenvalue weighted by atomic mass is 9.72. The van der Waals surface area contributed by atoms with Crippen molar-refractivity contribution in [2.45, 2.75) is 86.1 Å². The number of nitrogens with one attached hydrogen (secondary N) is 1. The van der Waals surface area contributed by atoms with Crippen molar-refractivity contribution in [1.29, 1.82) is 0 Å². The standard InChI is InChI=1S/C29H46N2/c1-11-27(21-17-20-26-18-15-14-16-19-26)28(12-2)29(9,10)31(13-3)25(8)23(6)24(7)30-22(4)5/h13-16,18-19,27-28,30H,3-4,7,11-12,17,20-21H2,1-2,5-6,8-10H3/b25-23+. The first-order valence-electron chi connectivity index (χ1n) is 11.8. The molecule has 0 bridgehead atoms. The fraction of sp³-hybridized carbons (Fsp3) is 0.517. The van der Waals surface area contributed by atoms with Gasteiger partial charge in [-0.1, -0.05) is 76.8 Å². The molecule has 0 aliphatic rings. The van der Waals surface area contributed by atoms with Gasteiger partial charge in [0.2, 0.25) is 0 Å². The average molecular weight is 423 g/mol. The molecule has 172 valence electrons. The summed E-state index contributed by atoms with van der Waals surface area (Å²) in [6.45, 7) is 28.0. The Morgan fingerprint density at radius 1 is 1.06 bits per heavy atom. The zero-order valence-corrected chi connectivity index (χ0v) is 21.2. The number of rotatable bonds is 14. The van der Waals surface area contributed by atoms with Crippen molar-refractivity contribution >= 4 is 0 Å². The van der Waals surface area contributed by atoms with E-state index >= 15 is 0 Å². The second-order valence-electron chi connectivity index (χ2n) is 9.36. The first-order chi connectivity index (χ1) is 14.6. The Bertz CT molecular complexity index is 754. The highest BCUT2D eigenvalue weighted by Gasteiger charge is 2.38. The summed E-state index contributed by atoms with van der Waals surface area (Å²) in [7, 11) is 0. The van der Waals surface area contributed by atoms with Crippen LogP contribution in [0.2, 0.25) is 0 Å². The Balaban J connectivity index is 3.05. The van der Waals surface area contributed by atoms with Crippen molar-refractivity contribution in [3.05, 3.63) is 84.5 Å². The van der Waals surface area contributed by atoms with Crippen LogP contribution in [0.3, 0.4) is 0 Å². The van der Waals surface area contributed by atoms with Crippen molar-refractivity contribution in [1.82, 2.24) is 10.2 Å². The number of aryl methyl sites for hydroxylation is 1. The minimum Gasteiger partial charge on any atom is -0.360 e. The van der Waals surface area contributed by atoms with Crippen LogP contribution in [-0.2, 0) is 6.42 Å². The molecule has 1 N–H and O–H groups in total. The van der Waals surface area contributed by atoms with E-state index in [9.17, 15) is 0 Å². The van der Waals surface area contributed by atoms with Crippen LogP contribution in [0.25, 0.3) is 0 Å². The molecular formula is C29H46N2. The Labute approximate surface area is 192 Å². The third kappa shape index (κ3) is 7.45. The van der Waals surface area contributed by atoms with Gasteiger partial charge in [-0.3, -0.25) is 0 Å². The van der Waals surface area contributed by atoms with Gasteiger partial charge in [0, 0.05) is 22.6 Å². The zero-order valence-electron chi connectivity index (χ0n) is 21.2. The van der Waals surface area contributed by atoms with Gasteiger partial charge in [-0.15, -0.1) is 0 Å². The second kappa shape index (κ2) is 12.6. The maximum atomic E-state index is 4.21. The van der Waals surface area contributed by atoms with Gasteiger partial charge in [-0.25, -0.2) is 0 Å². The predicted octanol–water partition coefficient (Wildman–Crippen LogP) is 8.22. The normalized spacial score (nSPS) is 14.3. The molecule has 0 fully saturated rings. The van der Waals surface area contributed by atoms with E-state index in [-0.39, 0.29) is 5.54 Å². The molecule has 0 heterocycles. The number of hydrogen-bond acceptors (Lipinski definition) is 2. The highest BCUT2D eigenvalue weighted by molar-refractivity contribution is 5.32. The Hall–Kier alpha value is -2.22. The number of benzene rings is 1. The number of nitrogens with zero attached hydrogens (tertiary/aromatic N) is 1. The van der Waals surface area contributed by atoms with Gasteiger partial charge in [0.05, 0.1) is 0 Å². The van der Waals surface area contributed by atoms with E-state index in [4.69, 9.17) is 0 Å². The molecule has 0 aliphatic carbocycles. The molecule has 2 nitrogen and oxygen atoms in total. The summed E-state index contributed by atoms with van der Waals surface area (Å²) in [6.07, 6.45) is 7.99. The number of allylic oxidation sites excluding steroid dienone is 3. The first kappa shape index (κ1) is 26.8. The molecule has 0 saturated carbocycles. The largest absolute Gasteiger partial charge is 0.360 e. The summed E-state index contributed by atoms with van der Waals surface area (Å²) >= 11 is 0. The van der Waals surface area contributed by atoms with Crippen LogP contribution in [0, 0.1) is 11.8 Å². The maximum Gasteiger partial charge on any atom is 0.0416 e. The van der Waals surface area contributed by atoms with E-state index in [1.54, 1.807) is 0 Å². The fourth-order valence-corrected chi connectivity index (χ4v) is 5.05. The predicted molar refractivity (Wildman–Crippen MR) is 139 cm³/mol. The third-order valence-corrected chi connectivity index (χ3v) is 6.85. The van der Waals surface area contributed by atoms with Gasteiger partial charge in [-0.05, 0) is 83.1 Å². The van der Waals surface area contributed by atoms with Crippen LogP contribution in [0.4, 0.5) is 0 Å². The van der Waals surface area contributed by atoms with Crippen molar-refractivity contribution in [2.24, 2.45) is 11.8 Å². The molecule has 1 aromatic rings. The molecule has 0 aromatic heterocycles. The van der Waals surface area contributed by atoms with Crippen molar-refractivity contribution in [3.63, 3.8) is 0 Å². The van der Waals surface area contributed by atoms with Gasteiger partial charge in [0.25, 0.3) is 0 Å². The van der Waals surface area contributed by atoms with Crippen molar-refractivity contribution in [2.75, 3.05) is 0 Å². The van der Waals surface area contributed by atoms with E-state index in [0.29, 0.717) is 11.8 Å². The molecule has 2 heteroatoms. The Morgan fingerprint density at radius 3 is 2.16 bits per heavy atom. The van der Waals surface area contributed by atoms with Gasteiger partial charge in [0.1, 0.15) is 0 Å². The SMILES string of the molecule is C=CN(/C(C)=C(\C)C(=C)NC(=C)C)C(C)(C)C(CC)C(CC)CCCc1ccccc1. The highest BCUT2D eigenvalue weighted by atomic mass is 15.2. The third-order valence-electron chi connectivity index (χ3n) is 6.85. The van der Waals surface area contributed by atoms with Gasteiger partial charge >= 0.3 is 0 Å². The van der Waals surface area contributed by atoms with E-state index in [1.807, 2.05) is 13.1 Å². The maximum absolute atomic E-state index is 4.21.